The number of rotatable bonds is 2. The number of hydrogen-bond acceptors (Lipinski definition) is 2. The first-order chi connectivity index (χ1) is 8.02. The summed E-state index contributed by atoms with van der Waals surface area (Å²) < 4.78 is 14.3. The van der Waals surface area contributed by atoms with Crippen molar-refractivity contribution in [1.82, 2.24) is 0 Å². The van der Waals surface area contributed by atoms with Gasteiger partial charge in [-0.05, 0) is 45.9 Å². The number of hydrogen-bond donors (Lipinski definition) is 0. The second-order valence-corrected chi connectivity index (χ2v) is 5.50. The Labute approximate surface area is 115 Å². The lowest BCUT2D eigenvalue weighted by Crippen LogP contribution is -2.05. The van der Waals surface area contributed by atoms with Crippen molar-refractivity contribution in [1.29, 1.82) is 0 Å². The molecule has 0 aliphatic heterocycles. The Balaban J connectivity index is 2.53. The summed E-state index contributed by atoms with van der Waals surface area (Å²) in [5.74, 6) is -1.02. The molecule has 0 unspecified atom stereocenters. The van der Waals surface area contributed by atoms with Crippen molar-refractivity contribution in [3.05, 3.63) is 54.9 Å². The van der Waals surface area contributed by atoms with Crippen molar-refractivity contribution in [3.8, 4) is 0 Å². The summed E-state index contributed by atoms with van der Waals surface area (Å²) in [6.45, 7) is 1.82. The average Bonchev–Trinajstić information content (AvgIpc) is 2.72. The Kier molecular flexibility index (Phi) is 3.66. The van der Waals surface area contributed by atoms with Crippen LogP contribution in [0.3, 0.4) is 0 Å². The van der Waals surface area contributed by atoms with Gasteiger partial charge in [-0.1, -0.05) is 11.6 Å². The fourth-order valence-corrected chi connectivity index (χ4v) is 2.74. The molecule has 0 amide bonds. The summed E-state index contributed by atoms with van der Waals surface area (Å²) in [4.78, 5) is 12.1. The van der Waals surface area contributed by atoms with Crippen LogP contribution >= 0.6 is 38.9 Å². The van der Waals surface area contributed by atoms with Crippen molar-refractivity contribution >= 4 is 44.7 Å². The second kappa shape index (κ2) is 4.88. The maximum absolute atomic E-state index is 13.9. The van der Waals surface area contributed by atoms with Gasteiger partial charge in [-0.2, -0.15) is 11.3 Å². The summed E-state index contributed by atoms with van der Waals surface area (Å²) in [7, 11) is 0. The van der Waals surface area contributed by atoms with Crippen LogP contribution in [0.5, 0.6) is 0 Å². The van der Waals surface area contributed by atoms with E-state index < -0.39 is 5.82 Å². The van der Waals surface area contributed by atoms with Gasteiger partial charge in [0.2, 0.25) is 0 Å². The summed E-state index contributed by atoms with van der Waals surface area (Å²) in [5.41, 5.74) is 1.37. The zero-order valence-corrected chi connectivity index (χ0v) is 11.9. The maximum Gasteiger partial charge on any atom is 0.197 e. The third-order valence-corrected chi connectivity index (χ3v) is 4.50. The molecule has 0 spiro atoms. The third kappa shape index (κ3) is 2.30. The molecule has 1 aromatic heterocycles. The molecule has 0 bridgehead atoms. The normalized spacial score (nSPS) is 10.6. The maximum atomic E-state index is 13.9. The van der Waals surface area contributed by atoms with Crippen LogP contribution < -0.4 is 0 Å². The van der Waals surface area contributed by atoms with E-state index in [2.05, 4.69) is 15.9 Å². The number of thiophene rings is 1. The standard InChI is InChI=1S/C12H7BrClFOS/c1-6-4-17-5-8(6)12(16)7-2-3-9(13)10(14)11(7)15/h2-5H,1H3. The van der Waals surface area contributed by atoms with Crippen LogP contribution in [0, 0.1) is 12.7 Å². The van der Waals surface area contributed by atoms with Crippen molar-refractivity contribution in [3.63, 3.8) is 0 Å². The van der Waals surface area contributed by atoms with Crippen LogP contribution in [-0.4, -0.2) is 5.78 Å². The van der Waals surface area contributed by atoms with E-state index >= 15 is 0 Å². The molecular weight excluding hydrogens is 327 g/mol. The quantitative estimate of drug-likeness (QED) is 0.567. The number of carbonyl (C=O) groups is 1. The van der Waals surface area contributed by atoms with Gasteiger partial charge in [0.25, 0.3) is 0 Å². The van der Waals surface area contributed by atoms with Crippen molar-refractivity contribution in [2.75, 3.05) is 0 Å². The van der Waals surface area contributed by atoms with Gasteiger partial charge in [0.05, 0.1) is 10.6 Å². The van der Waals surface area contributed by atoms with Crippen LogP contribution in [0.1, 0.15) is 21.5 Å². The predicted molar refractivity (Wildman–Crippen MR) is 71.6 cm³/mol. The molecule has 0 N–H and O–H groups in total. The van der Waals surface area contributed by atoms with Crippen LogP contribution in [0.15, 0.2) is 27.4 Å². The van der Waals surface area contributed by atoms with Gasteiger partial charge in [0.1, 0.15) is 0 Å². The monoisotopic (exact) mass is 332 g/mol. The van der Waals surface area contributed by atoms with Crippen LogP contribution in [0.25, 0.3) is 0 Å². The first kappa shape index (κ1) is 12.7. The highest BCUT2D eigenvalue weighted by atomic mass is 79.9. The highest BCUT2D eigenvalue weighted by Gasteiger charge is 2.19. The third-order valence-electron chi connectivity index (χ3n) is 2.38. The fourth-order valence-electron chi connectivity index (χ4n) is 1.44. The molecule has 0 aliphatic carbocycles. The molecule has 88 valence electrons. The first-order valence-corrected chi connectivity index (χ1v) is 6.84. The van der Waals surface area contributed by atoms with Crippen LogP contribution in [0.2, 0.25) is 5.02 Å². The van der Waals surface area contributed by atoms with Crippen molar-refractivity contribution in [2.24, 2.45) is 0 Å². The van der Waals surface area contributed by atoms with Crippen LogP contribution in [0.4, 0.5) is 4.39 Å². The molecule has 0 fully saturated rings. The van der Waals surface area contributed by atoms with E-state index in [9.17, 15) is 9.18 Å². The smallest absolute Gasteiger partial charge is 0.197 e. The molecule has 0 aliphatic rings. The lowest BCUT2D eigenvalue weighted by atomic mass is 10.0. The zero-order valence-electron chi connectivity index (χ0n) is 8.76. The van der Waals surface area contributed by atoms with Crippen molar-refractivity contribution in [2.45, 2.75) is 6.92 Å². The summed E-state index contributed by atoms with van der Waals surface area (Å²) in [5, 5.41) is 3.50. The molecule has 2 rings (SSSR count). The van der Waals surface area contributed by atoms with Crippen molar-refractivity contribution < 1.29 is 9.18 Å². The minimum Gasteiger partial charge on any atom is -0.288 e. The van der Waals surface area contributed by atoms with E-state index in [0.717, 1.165) is 5.56 Å². The molecule has 5 heteroatoms. The fraction of sp³-hybridized carbons (Fsp3) is 0.0833. The highest BCUT2D eigenvalue weighted by Crippen LogP contribution is 2.29. The van der Waals surface area contributed by atoms with Gasteiger partial charge in [0.15, 0.2) is 11.6 Å². The Hall–Kier alpha value is -0.710. The highest BCUT2D eigenvalue weighted by molar-refractivity contribution is 9.10. The molecular formula is C12H7BrClFOS. The molecule has 0 atom stereocenters. The Morgan fingerprint density at radius 1 is 1.35 bits per heavy atom. The molecule has 1 nitrogen and oxygen atoms in total. The molecule has 2 aromatic rings. The number of aryl methyl sites for hydroxylation is 1. The minimum absolute atomic E-state index is 0.000278. The second-order valence-electron chi connectivity index (χ2n) is 3.52. The molecule has 0 radical (unpaired) electrons. The molecule has 1 aromatic carbocycles. The van der Waals surface area contributed by atoms with Crippen LogP contribution in [-0.2, 0) is 0 Å². The van der Waals surface area contributed by atoms with E-state index in [1.807, 2.05) is 12.3 Å². The molecule has 1 heterocycles. The van der Waals surface area contributed by atoms with Gasteiger partial charge in [-0.25, -0.2) is 4.39 Å². The van der Waals surface area contributed by atoms with E-state index in [4.69, 9.17) is 11.6 Å². The molecule has 0 saturated heterocycles. The topological polar surface area (TPSA) is 17.1 Å². The molecule has 0 saturated carbocycles. The van der Waals surface area contributed by atoms with Gasteiger partial charge in [0, 0.05) is 15.4 Å². The summed E-state index contributed by atoms with van der Waals surface area (Å²) in [6.07, 6.45) is 0. The van der Waals surface area contributed by atoms with Gasteiger partial charge in [-0.3, -0.25) is 4.79 Å². The Morgan fingerprint density at radius 2 is 2.06 bits per heavy atom. The summed E-state index contributed by atoms with van der Waals surface area (Å²) >= 11 is 10.3. The lowest BCUT2D eigenvalue weighted by Gasteiger charge is -2.05. The van der Waals surface area contributed by atoms with Gasteiger partial charge in [-0.15, -0.1) is 0 Å². The van der Waals surface area contributed by atoms with Gasteiger partial charge < -0.3 is 0 Å². The van der Waals surface area contributed by atoms with Gasteiger partial charge >= 0.3 is 0 Å². The summed E-state index contributed by atoms with van der Waals surface area (Å²) in [6, 6.07) is 3.01. The SMILES string of the molecule is Cc1cscc1C(=O)c1ccc(Br)c(Cl)c1F. The number of ketones is 1. The predicted octanol–water partition coefficient (Wildman–Crippen LogP) is 4.84. The largest absolute Gasteiger partial charge is 0.288 e. The Morgan fingerprint density at radius 3 is 2.65 bits per heavy atom. The van der Waals surface area contributed by atoms with E-state index in [1.54, 1.807) is 11.4 Å². The van der Waals surface area contributed by atoms with E-state index in [1.165, 1.54) is 17.4 Å². The first-order valence-electron chi connectivity index (χ1n) is 4.73. The zero-order chi connectivity index (χ0) is 12.6. The minimum atomic E-state index is -0.684. The van der Waals surface area contributed by atoms with E-state index in [-0.39, 0.29) is 16.4 Å². The number of carbonyl (C=O) groups excluding carboxylic acids is 1. The molecule has 17 heavy (non-hydrogen) atoms. The number of halogens is 3. The van der Waals surface area contributed by atoms with E-state index in [0.29, 0.717) is 10.0 Å². The lowest BCUT2D eigenvalue weighted by molar-refractivity contribution is 0.103. The Bertz CT molecular complexity index is 594. The average molecular weight is 334 g/mol. The number of benzene rings is 1.